The van der Waals surface area contributed by atoms with Gasteiger partial charge in [-0.2, -0.15) is 5.26 Å². The van der Waals surface area contributed by atoms with Crippen LogP contribution in [-0.4, -0.2) is 16.9 Å². The van der Waals surface area contributed by atoms with E-state index in [0.717, 1.165) is 0 Å². The first-order valence-electron chi connectivity index (χ1n) is 3.28. The molecule has 2 heterocycles. The molecule has 0 bridgehead atoms. The lowest BCUT2D eigenvalue weighted by Gasteiger charge is -2.19. The Morgan fingerprint density at radius 2 is 2.55 bits per heavy atom. The van der Waals surface area contributed by atoms with E-state index >= 15 is 0 Å². The molecule has 0 aromatic rings. The van der Waals surface area contributed by atoms with Crippen LogP contribution < -0.4 is 5.43 Å². The Labute approximate surface area is 64.1 Å². The highest BCUT2D eigenvalue weighted by molar-refractivity contribution is 5.98. The number of allylic oxidation sites excluding steroid dienone is 2. The predicted octanol–water partition coefficient (Wildman–Crippen LogP) is 0.138. The molecule has 2 aliphatic rings. The van der Waals surface area contributed by atoms with Crippen LogP contribution in [0.25, 0.3) is 0 Å². The summed E-state index contributed by atoms with van der Waals surface area (Å²) in [4.78, 5) is 1.78. The minimum Gasteiger partial charge on any atom is -0.297 e. The quantitative estimate of drug-likeness (QED) is 0.528. The van der Waals surface area contributed by atoms with Crippen molar-refractivity contribution in [3.05, 3.63) is 24.4 Å². The Morgan fingerprint density at radius 3 is 3.36 bits per heavy atom. The zero-order valence-corrected chi connectivity index (χ0v) is 5.73. The van der Waals surface area contributed by atoms with Crippen molar-refractivity contribution in [1.29, 1.82) is 5.26 Å². The Hall–Kier alpha value is -1.76. The second-order valence-electron chi connectivity index (χ2n) is 2.25. The van der Waals surface area contributed by atoms with Gasteiger partial charge in [-0.1, -0.05) is 6.08 Å². The van der Waals surface area contributed by atoms with Gasteiger partial charge in [-0.05, 0) is 12.2 Å². The van der Waals surface area contributed by atoms with E-state index in [0.29, 0.717) is 5.84 Å². The molecule has 0 aliphatic carbocycles. The molecule has 54 valence electrons. The van der Waals surface area contributed by atoms with Gasteiger partial charge in [0.05, 0.1) is 0 Å². The van der Waals surface area contributed by atoms with E-state index in [1.54, 1.807) is 4.90 Å². The largest absolute Gasteiger partial charge is 0.297 e. The molecule has 1 atom stereocenters. The van der Waals surface area contributed by atoms with E-state index in [2.05, 4.69) is 10.5 Å². The lowest BCUT2D eigenvalue weighted by Crippen LogP contribution is -2.35. The summed E-state index contributed by atoms with van der Waals surface area (Å²) in [5, 5.41) is 12.4. The molecule has 0 amide bonds. The van der Waals surface area contributed by atoms with Crippen LogP contribution in [0.4, 0.5) is 0 Å². The minimum absolute atomic E-state index is 0.0367. The molecule has 0 saturated carbocycles. The summed E-state index contributed by atoms with van der Waals surface area (Å²) in [5.74, 6) is 0.413. The first kappa shape index (κ1) is 5.98. The fraction of sp³-hybridized carbons (Fsp3) is 0.143. The zero-order valence-electron chi connectivity index (χ0n) is 5.73. The van der Waals surface area contributed by atoms with E-state index in [-0.39, 0.29) is 6.17 Å². The topological polar surface area (TPSA) is 51.4 Å². The van der Waals surface area contributed by atoms with Crippen LogP contribution >= 0.6 is 0 Å². The van der Waals surface area contributed by atoms with Gasteiger partial charge in [0.2, 0.25) is 5.84 Å². The summed E-state index contributed by atoms with van der Waals surface area (Å²) in [6, 6.07) is 1.99. The third-order valence-electron chi connectivity index (χ3n) is 1.60. The van der Waals surface area contributed by atoms with Crippen LogP contribution in [0.5, 0.6) is 0 Å². The van der Waals surface area contributed by atoms with Gasteiger partial charge in [-0.15, -0.1) is 5.10 Å². The number of hydrogen-bond acceptors (Lipinski definition) is 4. The lowest BCUT2D eigenvalue weighted by atomic mass is 10.3. The van der Waals surface area contributed by atoms with Gasteiger partial charge in [0.25, 0.3) is 0 Å². The highest BCUT2D eigenvalue weighted by Gasteiger charge is 2.24. The number of nitriles is 1. The second kappa shape index (κ2) is 2.13. The molecule has 11 heavy (non-hydrogen) atoms. The molecule has 0 aromatic carbocycles. The normalized spacial score (nSPS) is 25.5. The van der Waals surface area contributed by atoms with Crippen molar-refractivity contribution in [2.24, 2.45) is 5.10 Å². The van der Waals surface area contributed by atoms with Gasteiger partial charge < -0.3 is 0 Å². The van der Waals surface area contributed by atoms with E-state index in [1.165, 1.54) is 0 Å². The van der Waals surface area contributed by atoms with Crippen molar-refractivity contribution in [3.8, 4) is 6.07 Å². The van der Waals surface area contributed by atoms with Crippen molar-refractivity contribution >= 4 is 5.84 Å². The van der Waals surface area contributed by atoms with Gasteiger partial charge in [0.1, 0.15) is 12.2 Å². The Kier molecular flexibility index (Phi) is 1.16. The smallest absolute Gasteiger partial charge is 0.232 e. The molecule has 2 rings (SSSR count). The van der Waals surface area contributed by atoms with Gasteiger partial charge in [-0.25, -0.2) is 0 Å². The van der Waals surface area contributed by atoms with Crippen LogP contribution in [0, 0.1) is 11.3 Å². The molecular weight excluding hydrogens is 140 g/mol. The summed E-state index contributed by atoms with van der Waals surface area (Å²) in [6.07, 6.45) is 7.59. The second-order valence-corrected chi connectivity index (χ2v) is 2.25. The van der Waals surface area contributed by atoms with E-state index in [4.69, 9.17) is 5.26 Å². The molecule has 0 spiro atoms. The van der Waals surface area contributed by atoms with Crippen LogP contribution in [0.3, 0.4) is 0 Å². The highest BCUT2D eigenvalue weighted by atomic mass is 15.5. The number of nitrogens with zero attached hydrogens (tertiary/aromatic N) is 3. The van der Waals surface area contributed by atoms with Crippen molar-refractivity contribution in [3.63, 3.8) is 0 Å². The van der Waals surface area contributed by atoms with E-state index in [1.807, 2.05) is 30.5 Å². The van der Waals surface area contributed by atoms with Crippen LogP contribution in [0.15, 0.2) is 29.5 Å². The molecule has 0 saturated heterocycles. The predicted molar refractivity (Wildman–Crippen MR) is 40.1 cm³/mol. The zero-order chi connectivity index (χ0) is 7.68. The molecule has 0 fully saturated rings. The molecule has 1 N–H and O–H groups in total. The summed E-state index contributed by atoms with van der Waals surface area (Å²) < 4.78 is 0. The number of nitrogens with one attached hydrogen (secondary N) is 1. The molecule has 2 aliphatic heterocycles. The minimum atomic E-state index is 0.0367. The number of amidine groups is 1. The maximum atomic E-state index is 8.58. The van der Waals surface area contributed by atoms with Crippen molar-refractivity contribution in [2.75, 3.05) is 0 Å². The Morgan fingerprint density at radius 1 is 1.64 bits per heavy atom. The maximum Gasteiger partial charge on any atom is 0.232 e. The summed E-state index contributed by atoms with van der Waals surface area (Å²) in [7, 11) is 0. The first-order valence-corrected chi connectivity index (χ1v) is 3.28. The van der Waals surface area contributed by atoms with E-state index in [9.17, 15) is 0 Å². The third-order valence-corrected chi connectivity index (χ3v) is 1.60. The van der Waals surface area contributed by atoms with Gasteiger partial charge in [-0.3, -0.25) is 10.3 Å². The molecule has 0 aromatic heterocycles. The van der Waals surface area contributed by atoms with Gasteiger partial charge in [0, 0.05) is 6.20 Å². The molecule has 4 heteroatoms. The number of fused-ring (bicyclic) bond motifs is 1. The van der Waals surface area contributed by atoms with Crippen LogP contribution in [0.1, 0.15) is 0 Å². The van der Waals surface area contributed by atoms with Crippen LogP contribution in [-0.2, 0) is 0 Å². The van der Waals surface area contributed by atoms with Gasteiger partial charge in [0.15, 0.2) is 0 Å². The first-order chi connectivity index (χ1) is 5.42. The highest BCUT2D eigenvalue weighted by Crippen LogP contribution is 2.11. The summed E-state index contributed by atoms with van der Waals surface area (Å²) in [5.41, 5.74) is 2.81. The molecular formula is C7H6N4. The van der Waals surface area contributed by atoms with Crippen molar-refractivity contribution in [1.82, 2.24) is 10.3 Å². The maximum absolute atomic E-state index is 8.58. The van der Waals surface area contributed by atoms with Crippen molar-refractivity contribution in [2.45, 2.75) is 6.17 Å². The summed E-state index contributed by atoms with van der Waals surface area (Å²) in [6.45, 7) is 0. The molecule has 4 nitrogen and oxygen atoms in total. The third kappa shape index (κ3) is 0.783. The lowest BCUT2D eigenvalue weighted by molar-refractivity contribution is 0.446. The average Bonchev–Trinajstić information content (AvgIpc) is 2.47. The Balaban J connectivity index is 2.29. The number of rotatable bonds is 0. The van der Waals surface area contributed by atoms with Crippen molar-refractivity contribution < 1.29 is 0 Å². The fourth-order valence-electron chi connectivity index (χ4n) is 1.07. The number of hydrazone groups is 1. The summed E-state index contributed by atoms with van der Waals surface area (Å²) >= 11 is 0. The standard InChI is InChI=1S/C7H6N4/c8-5-7-10-9-6-3-1-2-4-11(6)7/h1-4,6,9H. The average molecular weight is 146 g/mol. The number of hydrogen-bond donors (Lipinski definition) is 1. The molecule has 0 radical (unpaired) electrons. The van der Waals surface area contributed by atoms with E-state index < -0.39 is 0 Å². The SMILES string of the molecule is N#CC1=NNC2C=CC=CN12. The van der Waals surface area contributed by atoms with Crippen LogP contribution in [0.2, 0.25) is 0 Å². The van der Waals surface area contributed by atoms with Gasteiger partial charge >= 0.3 is 0 Å². The fourth-order valence-corrected chi connectivity index (χ4v) is 1.07. The monoisotopic (exact) mass is 146 g/mol. The Bertz CT molecular complexity index is 294. The molecule has 1 unspecified atom stereocenters.